The lowest BCUT2D eigenvalue weighted by atomic mass is 9.95. The topological polar surface area (TPSA) is 54.5 Å². The zero-order valence-electron chi connectivity index (χ0n) is 17.0. The van der Waals surface area contributed by atoms with Gasteiger partial charge in [0.1, 0.15) is 6.29 Å². The normalized spacial score (nSPS) is 15.9. The van der Waals surface area contributed by atoms with Crippen molar-refractivity contribution in [2.75, 3.05) is 6.54 Å². The summed E-state index contributed by atoms with van der Waals surface area (Å²) in [7, 11) is -3.79. The highest BCUT2D eigenvalue weighted by Crippen LogP contribution is 2.25. The van der Waals surface area contributed by atoms with Crippen LogP contribution in [0.15, 0.2) is 71.1 Å². The highest BCUT2D eigenvalue weighted by molar-refractivity contribution is 7.89. The summed E-state index contributed by atoms with van der Waals surface area (Å²) in [5.41, 5.74) is 3.24. The fraction of sp³-hybridized carbons (Fsp3) is 0.375. The minimum Gasteiger partial charge on any atom is -0.302 e. The molecular weight excluding hydrogens is 382 g/mol. The summed E-state index contributed by atoms with van der Waals surface area (Å²) in [4.78, 5) is 12.2. The molecular formula is C24H29NO3S. The Labute approximate surface area is 174 Å². The van der Waals surface area contributed by atoms with Gasteiger partial charge in [0.15, 0.2) is 0 Å². The van der Waals surface area contributed by atoms with E-state index in [2.05, 4.69) is 0 Å². The Morgan fingerprint density at radius 3 is 2.24 bits per heavy atom. The SMILES string of the molecule is Cc1ccc(S(=O)(=O)N(CC=C2CCCCC2)[C@H](C=O)Cc2ccccc2)cc1. The number of nitrogens with zero attached hydrogens (tertiary/aromatic N) is 1. The molecule has 154 valence electrons. The summed E-state index contributed by atoms with van der Waals surface area (Å²) in [5.74, 6) is 0. The predicted octanol–water partition coefficient (Wildman–Crippen LogP) is 4.69. The van der Waals surface area contributed by atoms with Crippen LogP contribution >= 0.6 is 0 Å². The van der Waals surface area contributed by atoms with E-state index in [1.54, 1.807) is 24.3 Å². The Balaban J connectivity index is 1.92. The first-order valence-corrected chi connectivity index (χ1v) is 11.7. The van der Waals surface area contributed by atoms with Crippen molar-refractivity contribution in [3.05, 3.63) is 77.4 Å². The molecule has 0 spiro atoms. The molecule has 0 amide bonds. The lowest BCUT2D eigenvalue weighted by molar-refractivity contribution is -0.110. The predicted molar refractivity (Wildman–Crippen MR) is 116 cm³/mol. The summed E-state index contributed by atoms with van der Waals surface area (Å²) < 4.78 is 28.2. The molecule has 29 heavy (non-hydrogen) atoms. The van der Waals surface area contributed by atoms with Crippen molar-refractivity contribution in [2.24, 2.45) is 0 Å². The second-order valence-corrected chi connectivity index (χ2v) is 9.59. The Hall–Kier alpha value is -2.24. The minimum atomic E-state index is -3.79. The summed E-state index contributed by atoms with van der Waals surface area (Å²) in [5, 5.41) is 0. The van der Waals surface area contributed by atoms with Gasteiger partial charge in [0.2, 0.25) is 10.0 Å². The number of aldehydes is 1. The first-order chi connectivity index (χ1) is 14.0. The van der Waals surface area contributed by atoms with Gasteiger partial charge in [-0.25, -0.2) is 8.42 Å². The first-order valence-electron chi connectivity index (χ1n) is 10.3. The maximum Gasteiger partial charge on any atom is 0.244 e. The van der Waals surface area contributed by atoms with Gasteiger partial charge in [-0.15, -0.1) is 0 Å². The van der Waals surface area contributed by atoms with Crippen LogP contribution in [0.4, 0.5) is 0 Å². The van der Waals surface area contributed by atoms with E-state index in [9.17, 15) is 13.2 Å². The zero-order chi connectivity index (χ0) is 20.7. The van der Waals surface area contributed by atoms with E-state index >= 15 is 0 Å². The summed E-state index contributed by atoms with van der Waals surface area (Å²) >= 11 is 0. The number of carbonyl (C=O) groups is 1. The second kappa shape index (κ2) is 9.99. The molecule has 0 aromatic heterocycles. The van der Waals surface area contributed by atoms with Crippen LogP contribution in [0.25, 0.3) is 0 Å². The molecule has 1 fully saturated rings. The third-order valence-electron chi connectivity index (χ3n) is 5.50. The van der Waals surface area contributed by atoms with Gasteiger partial charge >= 0.3 is 0 Å². The first kappa shape index (κ1) is 21.5. The molecule has 0 bridgehead atoms. The molecule has 0 radical (unpaired) electrons. The van der Waals surface area contributed by atoms with E-state index in [1.807, 2.05) is 43.3 Å². The van der Waals surface area contributed by atoms with Gasteiger partial charge in [-0.3, -0.25) is 0 Å². The Morgan fingerprint density at radius 2 is 1.62 bits per heavy atom. The fourth-order valence-corrected chi connectivity index (χ4v) is 5.26. The van der Waals surface area contributed by atoms with Crippen LogP contribution in [0.5, 0.6) is 0 Å². The second-order valence-electron chi connectivity index (χ2n) is 7.70. The molecule has 0 saturated heterocycles. The van der Waals surface area contributed by atoms with Gasteiger partial charge in [-0.2, -0.15) is 4.31 Å². The lowest BCUT2D eigenvalue weighted by Gasteiger charge is -2.27. The fourth-order valence-electron chi connectivity index (χ4n) is 3.76. The number of hydrogen-bond acceptors (Lipinski definition) is 3. The van der Waals surface area contributed by atoms with Crippen LogP contribution < -0.4 is 0 Å². The molecule has 1 aliphatic carbocycles. The van der Waals surface area contributed by atoms with Crippen LogP contribution in [0, 0.1) is 6.92 Å². The standard InChI is InChI=1S/C24H29NO3S/c1-20-12-14-24(15-13-20)29(27,28)25(17-16-21-8-4-2-5-9-21)23(19-26)18-22-10-6-3-7-11-22/h3,6-7,10-16,19,23H,2,4-5,8-9,17-18H2,1H3/t23-/m0/s1. The average molecular weight is 412 g/mol. The molecule has 0 aliphatic heterocycles. The number of aryl methyl sites for hydroxylation is 1. The van der Waals surface area contributed by atoms with Gasteiger partial charge in [-0.1, -0.05) is 66.1 Å². The van der Waals surface area contributed by atoms with Gasteiger partial charge in [-0.05, 0) is 56.7 Å². The third-order valence-corrected chi connectivity index (χ3v) is 7.40. The molecule has 4 nitrogen and oxygen atoms in total. The van der Waals surface area contributed by atoms with Crippen molar-refractivity contribution in [2.45, 2.75) is 56.4 Å². The van der Waals surface area contributed by atoms with Gasteiger partial charge < -0.3 is 4.79 Å². The summed E-state index contributed by atoms with van der Waals surface area (Å²) in [6.07, 6.45) is 8.71. The number of hydrogen-bond donors (Lipinski definition) is 0. The van der Waals surface area contributed by atoms with E-state index in [0.717, 1.165) is 43.1 Å². The third kappa shape index (κ3) is 5.64. The quantitative estimate of drug-likeness (QED) is 0.468. The number of allylic oxidation sites excluding steroid dienone is 1. The molecule has 0 N–H and O–H groups in total. The number of carbonyl (C=O) groups excluding carboxylic acids is 1. The van der Waals surface area contributed by atoms with Crippen LogP contribution in [0.3, 0.4) is 0 Å². The van der Waals surface area contributed by atoms with Crippen molar-refractivity contribution in [1.82, 2.24) is 4.31 Å². The number of rotatable bonds is 8. The average Bonchev–Trinajstić information content (AvgIpc) is 2.74. The molecule has 2 aromatic carbocycles. The van der Waals surface area contributed by atoms with Crippen molar-refractivity contribution in [3.63, 3.8) is 0 Å². The van der Waals surface area contributed by atoms with E-state index in [-0.39, 0.29) is 11.4 Å². The Morgan fingerprint density at radius 1 is 0.966 bits per heavy atom. The van der Waals surface area contributed by atoms with E-state index in [0.29, 0.717) is 6.42 Å². The van der Waals surface area contributed by atoms with Crippen LogP contribution in [-0.4, -0.2) is 31.6 Å². The monoisotopic (exact) mass is 411 g/mol. The highest BCUT2D eigenvalue weighted by atomic mass is 32.2. The molecule has 1 atom stereocenters. The largest absolute Gasteiger partial charge is 0.302 e. The van der Waals surface area contributed by atoms with Crippen LogP contribution in [0.2, 0.25) is 0 Å². The van der Waals surface area contributed by atoms with Crippen LogP contribution in [-0.2, 0) is 21.2 Å². The van der Waals surface area contributed by atoms with Crippen molar-refractivity contribution < 1.29 is 13.2 Å². The highest BCUT2D eigenvalue weighted by Gasteiger charge is 2.31. The summed E-state index contributed by atoms with van der Waals surface area (Å²) in [6, 6.07) is 15.6. The zero-order valence-corrected chi connectivity index (χ0v) is 17.8. The molecule has 2 aromatic rings. The van der Waals surface area contributed by atoms with Gasteiger partial charge in [0.25, 0.3) is 0 Å². The molecule has 3 rings (SSSR count). The molecule has 0 heterocycles. The molecule has 5 heteroatoms. The van der Waals surface area contributed by atoms with Crippen molar-refractivity contribution in [1.29, 1.82) is 0 Å². The Kier molecular flexibility index (Phi) is 7.40. The minimum absolute atomic E-state index is 0.224. The van der Waals surface area contributed by atoms with Gasteiger partial charge in [0, 0.05) is 6.54 Å². The van der Waals surface area contributed by atoms with E-state index in [1.165, 1.54) is 16.3 Å². The Bertz CT molecular complexity index is 926. The van der Waals surface area contributed by atoms with Crippen molar-refractivity contribution >= 4 is 16.3 Å². The molecule has 0 unspecified atom stereocenters. The van der Waals surface area contributed by atoms with E-state index in [4.69, 9.17) is 0 Å². The van der Waals surface area contributed by atoms with Crippen LogP contribution in [0.1, 0.15) is 43.2 Å². The van der Waals surface area contributed by atoms with Crippen molar-refractivity contribution in [3.8, 4) is 0 Å². The van der Waals surface area contributed by atoms with Gasteiger partial charge in [0.05, 0.1) is 10.9 Å². The molecule has 1 aliphatic rings. The number of sulfonamides is 1. The summed E-state index contributed by atoms with van der Waals surface area (Å²) in [6.45, 7) is 2.15. The van der Waals surface area contributed by atoms with E-state index < -0.39 is 16.1 Å². The maximum absolute atomic E-state index is 13.4. The number of benzene rings is 2. The maximum atomic E-state index is 13.4. The molecule has 1 saturated carbocycles. The smallest absolute Gasteiger partial charge is 0.244 e. The lowest BCUT2D eigenvalue weighted by Crippen LogP contribution is -2.42.